The molecule has 3 fully saturated rings. The van der Waals surface area contributed by atoms with E-state index in [9.17, 15) is 4.79 Å². The average molecular weight is 584 g/mol. The first-order chi connectivity index (χ1) is 20.6. The zero-order valence-electron chi connectivity index (χ0n) is 23.4. The number of nitrogens with zero attached hydrogens (tertiary/aromatic N) is 3. The minimum absolute atomic E-state index is 0.330. The van der Waals surface area contributed by atoms with Gasteiger partial charge < -0.3 is 14.4 Å². The summed E-state index contributed by atoms with van der Waals surface area (Å²) < 4.78 is 26.4. The molecule has 2 atom stereocenters. The van der Waals surface area contributed by atoms with Gasteiger partial charge in [0.05, 0.1) is 24.6 Å². The van der Waals surface area contributed by atoms with Crippen LogP contribution in [0.25, 0.3) is 11.1 Å². The van der Waals surface area contributed by atoms with Crippen LogP contribution in [0.4, 0.5) is 20.6 Å². The smallest absolute Gasteiger partial charge is 0.399 e. The molecule has 1 amide bonds. The lowest BCUT2D eigenvalue weighted by Gasteiger charge is -2.30. The highest BCUT2D eigenvalue weighted by Crippen LogP contribution is 2.52. The monoisotopic (exact) mass is 583 g/mol. The van der Waals surface area contributed by atoms with E-state index in [1.54, 1.807) is 17.0 Å². The van der Waals surface area contributed by atoms with Crippen molar-refractivity contribution in [3.05, 3.63) is 102 Å². The number of benzene rings is 3. The molecule has 4 aromatic rings. The Morgan fingerprint density at radius 2 is 1.67 bits per heavy atom. The van der Waals surface area contributed by atoms with E-state index in [0.29, 0.717) is 67.0 Å². The van der Waals surface area contributed by atoms with Crippen molar-refractivity contribution in [2.45, 2.75) is 6.54 Å². The van der Waals surface area contributed by atoms with Crippen molar-refractivity contribution in [3.8, 4) is 16.2 Å². The minimum atomic E-state index is -0.462. The van der Waals surface area contributed by atoms with E-state index in [0.717, 1.165) is 19.6 Å². The molecular formula is C34H34FN3O3S. The van der Waals surface area contributed by atoms with E-state index in [1.165, 1.54) is 34.1 Å². The predicted molar refractivity (Wildman–Crippen MR) is 165 cm³/mol. The summed E-state index contributed by atoms with van der Waals surface area (Å²) in [5, 5.41) is 2.41. The van der Waals surface area contributed by atoms with Crippen LogP contribution in [0.3, 0.4) is 0 Å². The molecule has 42 heavy (non-hydrogen) atoms. The van der Waals surface area contributed by atoms with Gasteiger partial charge in [-0.25, -0.2) is 9.18 Å². The van der Waals surface area contributed by atoms with Crippen LogP contribution >= 0.6 is 11.3 Å². The molecule has 3 heterocycles. The maximum absolute atomic E-state index is 15.3. The normalized spacial score (nSPS) is 21.6. The number of carbonyl (C=O) groups is 1. The number of likely N-dealkylation sites (tertiary alicyclic amines) is 1. The molecule has 3 aliphatic rings. The number of hydrogen-bond donors (Lipinski definition) is 0. The maximum Gasteiger partial charge on any atom is 0.420 e. The van der Waals surface area contributed by atoms with Crippen LogP contribution in [0.5, 0.6) is 5.06 Å². The van der Waals surface area contributed by atoms with Crippen molar-refractivity contribution in [1.29, 1.82) is 0 Å². The molecule has 7 rings (SSSR count). The highest BCUT2D eigenvalue weighted by Gasteiger charge is 2.56. The average Bonchev–Trinajstić information content (AvgIpc) is 3.35. The van der Waals surface area contributed by atoms with Gasteiger partial charge in [0, 0.05) is 39.3 Å². The third-order valence-electron chi connectivity index (χ3n) is 8.81. The second kappa shape index (κ2) is 11.9. The maximum atomic E-state index is 15.3. The summed E-state index contributed by atoms with van der Waals surface area (Å²) >= 11 is 1.37. The molecule has 8 heteroatoms. The number of ether oxygens (including phenoxy) is 2. The van der Waals surface area contributed by atoms with Gasteiger partial charge in [0.25, 0.3) is 0 Å². The Hall–Kier alpha value is -3.72. The number of piperidine rings is 1. The van der Waals surface area contributed by atoms with Gasteiger partial charge in [-0.2, -0.15) is 0 Å². The Balaban J connectivity index is 1.01. The molecule has 2 unspecified atom stereocenters. The lowest BCUT2D eigenvalue weighted by atomic mass is 10.0. The fourth-order valence-electron chi connectivity index (χ4n) is 6.51. The van der Waals surface area contributed by atoms with Crippen LogP contribution in [0, 0.1) is 23.6 Å². The molecule has 0 radical (unpaired) electrons. The molecule has 2 aliphatic heterocycles. The van der Waals surface area contributed by atoms with E-state index < -0.39 is 6.09 Å². The number of anilines is 2. The largest absolute Gasteiger partial charge is 0.420 e. The second-order valence-corrected chi connectivity index (χ2v) is 12.3. The molecule has 1 saturated carbocycles. The highest BCUT2D eigenvalue weighted by molar-refractivity contribution is 7.11. The molecule has 0 spiro atoms. The van der Waals surface area contributed by atoms with Gasteiger partial charge in [0.15, 0.2) is 5.06 Å². The summed E-state index contributed by atoms with van der Waals surface area (Å²) in [4.78, 5) is 19.5. The van der Waals surface area contributed by atoms with Gasteiger partial charge in [-0.15, -0.1) is 11.3 Å². The number of morpholine rings is 1. The molecule has 1 aromatic heterocycles. The van der Waals surface area contributed by atoms with Gasteiger partial charge in [0.1, 0.15) is 5.82 Å². The molecule has 216 valence electrons. The Morgan fingerprint density at radius 1 is 0.929 bits per heavy atom. The molecular weight excluding hydrogens is 549 g/mol. The van der Waals surface area contributed by atoms with Crippen molar-refractivity contribution in [3.63, 3.8) is 0 Å². The number of rotatable bonds is 8. The molecule has 0 N–H and O–H groups in total. The second-order valence-electron chi connectivity index (χ2n) is 11.4. The standard InChI is InChI=1S/C34H34FN3O3S/c35-31-19-27(12-13-32(31)37-14-16-40-17-15-37)38(34(39)41-33-7-4-18-42-33)23-30-28-21-36(22-29(28)30)20-24-8-10-26(11-9-24)25-5-2-1-3-6-25/h1-13,18-19,28-30H,14-17,20-23H2. The van der Waals surface area contributed by atoms with Crippen LogP contribution in [-0.4, -0.2) is 56.9 Å². The first-order valence-electron chi connectivity index (χ1n) is 14.6. The number of thiophene rings is 1. The summed E-state index contributed by atoms with van der Waals surface area (Å²) in [7, 11) is 0. The Morgan fingerprint density at radius 3 is 2.36 bits per heavy atom. The zero-order chi connectivity index (χ0) is 28.5. The van der Waals surface area contributed by atoms with E-state index in [4.69, 9.17) is 9.47 Å². The Bertz CT molecular complexity index is 1500. The third-order valence-corrected chi connectivity index (χ3v) is 9.55. The molecule has 0 bridgehead atoms. The number of halogens is 1. The number of fused-ring (bicyclic) bond motifs is 1. The molecule has 1 aliphatic carbocycles. The Labute approximate surface area is 249 Å². The number of carbonyl (C=O) groups excluding carboxylic acids is 1. The molecule has 2 saturated heterocycles. The summed E-state index contributed by atoms with van der Waals surface area (Å²) in [6.45, 7) is 5.94. The van der Waals surface area contributed by atoms with Crippen LogP contribution in [0.2, 0.25) is 0 Å². The topological polar surface area (TPSA) is 45.2 Å². The molecule has 6 nitrogen and oxygen atoms in total. The van der Waals surface area contributed by atoms with Crippen molar-refractivity contribution < 1.29 is 18.7 Å². The van der Waals surface area contributed by atoms with E-state index in [2.05, 4.69) is 53.4 Å². The lowest BCUT2D eigenvalue weighted by molar-refractivity contribution is 0.122. The SMILES string of the molecule is O=C(Oc1cccs1)N(CC1C2CN(Cc3ccc(-c4ccccc4)cc3)CC21)c1ccc(N2CCOCC2)c(F)c1. The predicted octanol–water partition coefficient (Wildman–Crippen LogP) is 6.77. The van der Waals surface area contributed by atoms with Crippen molar-refractivity contribution in [2.75, 3.05) is 55.7 Å². The van der Waals surface area contributed by atoms with E-state index in [1.807, 2.05) is 28.5 Å². The van der Waals surface area contributed by atoms with E-state index >= 15 is 4.39 Å². The summed E-state index contributed by atoms with van der Waals surface area (Å²) in [6, 6.07) is 28.0. The van der Waals surface area contributed by atoms with Crippen molar-refractivity contribution in [2.24, 2.45) is 17.8 Å². The first-order valence-corrected chi connectivity index (χ1v) is 15.5. The van der Waals surface area contributed by atoms with Gasteiger partial charge in [-0.3, -0.25) is 9.80 Å². The van der Waals surface area contributed by atoms with Crippen LogP contribution in [0.1, 0.15) is 5.56 Å². The molecule has 3 aromatic carbocycles. The van der Waals surface area contributed by atoms with Crippen LogP contribution in [-0.2, 0) is 11.3 Å². The minimum Gasteiger partial charge on any atom is -0.399 e. The fourth-order valence-corrected chi connectivity index (χ4v) is 7.08. The number of amides is 1. The third kappa shape index (κ3) is 5.79. The Kier molecular flexibility index (Phi) is 7.67. The first kappa shape index (κ1) is 27.1. The van der Waals surface area contributed by atoms with Gasteiger partial charge in [-0.05, 0) is 70.2 Å². The fraction of sp³-hybridized carbons (Fsp3) is 0.324. The summed E-state index contributed by atoms with van der Waals surface area (Å²) in [5.41, 5.74) is 4.85. The lowest BCUT2D eigenvalue weighted by Crippen LogP contribution is -2.38. The van der Waals surface area contributed by atoms with Crippen LogP contribution < -0.4 is 14.5 Å². The number of hydrogen-bond acceptors (Lipinski definition) is 6. The summed E-state index contributed by atoms with van der Waals surface area (Å²) in [5.74, 6) is 1.11. The zero-order valence-corrected chi connectivity index (χ0v) is 24.2. The van der Waals surface area contributed by atoms with E-state index in [-0.39, 0.29) is 5.82 Å². The summed E-state index contributed by atoms with van der Waals surface area (Å²) in [6.07, 6.45) is -0.462. The van der Waals surface area contributed by atoms with Crippen molar-refractivity contribution in [1.82, 2.24) is 4.90 Å². The quantitative estimate of drug-likeness (QED) is 0.229. The van der Waals surface area contributed by atoms with Crippen molar-refractivity contribution >= 4 is 28.8 Å². The van der Waals surface area contributed by atoms with Crippen LogP contribution in [0.15, 0.2) is 90.3 Å². The highest BCUT2D eigenvalue weighted by atomic mass is 32.1. The van der Waals surface area contributed by atoms with Gasteiger partial charge in [-0.1, -0.05) is 54.6 Å². The van der Waals surface area contributed by atoms with Gasteiger partial charge in [0.2, 0.25) is 0 Å². The van der Waals surface area contributed by atoms with Gasteiger partial charge >= 0.3 is 6.09 Å².